The summed E-state index contributed by atoms with van der Waals surface area (Å²) in [6, 6.07) is 11.7. The predicted molar refractivity (Wildman–Crippen MR) is 95.1 cm³/mol. The molecule has 3 nitrogen and oxygen atoms in total. The van der Waals surface area contributed by atoms with Gasteiger partial charge in [0.15, 0.2) is 0 Å². The van der Waals surface area contributed by atoms with E-state index in [9.17, 15) is 14.3 Å². The van der Waals surface area contributed by atoms with Crippen LogP contribution in [0.25, 0.3) is 6.08 Å². The quantitative estimate of drug-likeness (QED) is 0.589. The zero-order valence-corrected chi connectivity index (χ0v) is 14.8. The third kappa shape index (κ3) is 5.01. The van der Waals surface area contributed by atoms with Crippen LogP contribution in [-0.2, 0) is 9.53 Å². The highest BCUT2D eigenvalue weighted by Crippen LogP contribution is 2.28. The molecular formula is C19H18BrFO3. The highest BCUT2D eigenvalue weighted by molar-refractivity contribution is 9.10. The summed E-state index contributed by atoms with van der Waals surface area (Å²) in [6.07, 6.45) is 3.02. The van der Waals surface area contributed by atoms with Gasteiger partial charge in [-0.1, -0.05) is 34.1 Å². The number of hydrogen-bond acceptors (Lipinski definition) is 3. The van der Waals surface area contributed by atoms with Crippen LogP contribution >= 0.6 is 15.9 Å². The van der Waals surface area contributed by atoms with E-state index in [2.05, 4.69) is 15.9 Å². The molecule has 126 valence electrons. The van der Waals surface area contributed by atoms with Gasteiger partial charge in [-0.25, -0.2) is 9.18 Å². The van der Waals surface area contributed by atoms with Gasteiger partial charge in [-0.3, -0.25) is 0 Å². The van der Waals surface area contributed by atoms with E-state index in [1.165, 1.54) is 18.2 Å². The SMILES string of the molecule is CCOC(=O)C=Cc1cc(Br)cc(C(CO)c2ccc(F)cc2)c1. The van der Waals surface area contributed by atoms with Gasteiger partial charge in [0.25, 0.3) is 0 Å². The Morgan fingerprint density at radius 3 is 2.58 bits per heavy atom. The monoisotopic (exact) mass is 392 g/mol. The van der Waals surface area contributed by atoms with Gasteiger partial charge in [0.1, 0.15) is 5.82 Å². The van der Waals surface area contributed by atoms with Crippen molar-refractivity contribution in [3.63, 3.8) is 0 Å². The highest BCUT2D eigenvalue weighted by atomic mass is 79.9. The number of halogens is 2. The number of esters is 1. The van der Waals surface area contributed by atoms with Gasteiger partial charge in [-0.05, 0) is 54.0 Å². The number of rotatable bonds is 6. The normalized spacial score (nSPS) is 12.3. The molecule has 0 fully saturated rings. The average Bonchev–Trinajstić information content (AvgIpc) is 2.55. The Labute approximate surface area is 148 Å². The Hall–Kier alpha value is -1.98. The minimum absolute atomic E-state index is 0.108. The molecule has 0 aliphatic rings. The number of benzene rings is 2. The van der Waals surface area contributed by atoms with Crippen molar-refractivity contribution in [1.29, 1.82) is 0 Å². The van der Waals surface area contributed by atoms with Crippen molar-refractivity contribution in [1.82, 2.24) is 0 Å². The molecule has 24 heavy (non-hydrogen) atoms. The zero-order chi connectivity index (χ0) is 17.5. The largest absolute Gasteiger partial charge is 0.463 e. The van der Waals surface area contributed by atoms with E-state index in [1.807, 2.05) is 18.2 Å². The van der Waals surface area contributed by atoms with Crippen LogP contribution in [-0.4, -0.2) is 24.3 Å². The molecular weight excluding hydrogens is 375 g/mol. The summed E-state index contributed by atoms with van der Waals surface area (Å²) in [5, 5.41) is 9.77. The van der Waals surface area contributed by atoms with Gasteiger partial charge < -0.3 is 9.84 Å². The third-order valence-electron chi connectivity index (χ3n) is 3.50. The first kappa shape index (κ1) is 18.4. The van der Waals surface area contributed by atoms with Crippen LogP contribution in [0, 0.1) is 5.82 Å². The summed E-state index contributed by atoms with van der Waals surface area (Å²) in [4.78, 5) is 11.4. The molecule has 0 saturated carbocycles. The van der Waals surface area contributed by atoms with E-state index >= 15 is 0 Å². The second-order valence-electron chi connectivity index (χ2n) is 5.19. The van der Waals surface area contributed by atoms with Gasteiger partial charge in [0, 0.05) is 16.5 Å². The Bertz CT molecular complexity index is 726. The molecule has 0 bridgehead atoms. The standard InChI is InChI=1S/C19H18BrFO3/c1-2-24-19(23)8-3-13-9-15(11-16(20)10-13)18(12-22)14-4-6-17(21)7-5-14/h3-11,18,22H,2,12H2,1H3. The summed E-state index contributed by atoms with van der Waals surface area (Å²) < 4.78 is 18.8. The van der Waals surface area contributed by atoms with Crippen LogP contribution in [0.3, 0.4) is 0 Å². The van der Waals surface area contributed by atoms with Crippen LogP contribution in [0.15, 0.2) is 53.0 Å². The summed E-state index contributed by atoms with van der Waals surface area (Å²) in [6.45, 7) is 1.96. The van der Waals surface area contributed by atoms with Crippen molar-refractivity contribution in [2.24, 2.45) is 0 Å². The molecule has 0 aliphatic heterocycles. The fraction of sp³-hybridized carbons (Fsp3) is 0.211. The number of ether oxygens (including phenoxy) is 1. The van der Waals surface area contributed by atoms with Gasteiger partial charge in [-0.2, -0.15) is 0 Å². The summed E-state index contributed by atoms with van der Waals surface area (Å²) >= 11 is 3.44. The third-order valence-corrected chi connectivity index (χ3v) is 3.96. The lowest BCUT2D eigenvalue weighted by Crippen LogP contribution is -2.06. The molecule has 1 unspecified atom stereocenters. The molecule has 1 atom stereocenters. The second kappa shape index (κ2) is 8.76. The van der Waals surface area contributed by atoms with E-state index < -0.39 is 5.97 Å². The maximum Gasteiger partial charge on any atom is 0.330 e. The topological polar surface area (TPSA) is 46.5 Å². The number of hydrogen-bond donors (Lipinski definition) is 1. The van der Waals surface area contributed by atoms with Crippen LogP contribution in [0.2, 0.25) is 0 Å². The molecule has 0 amide bonds. The van der Waals surface area contributed by atoms with E-state index in [0.717, 1.165) is 21.2 Å². The molecule has 0 aromatic heterocycles. The van der Waals surface area contributed by atoms with Crippen molar-refractivity contribution >= 4 is 28.0 Å². The predicted octanol–water partition coefficient (Wildman–Crippen LogP) is 4.29. The number of carbonyl (C=O) groups is 1. The molecule has 2 aromatic rings. The first-order valence-corrected chi connectivity index (χ1v) is 8.34. The van der Waals surface area contributed by atoms with Gasteiger partial charge in [0.2, 0.25) is 0 Å². The first-order valence-electron chi connectivity index (χ1n) is 7.55. The van der Waals surface area contributed by atoms with E-state index in [0.29, 0.717) is 6.61 Å². The maximum atomic E-state index is 13.1. The Morgan fingerprint density at radius 1 is 1.25 bits per heavy atom. The zero-order valence-electron chi connectivity index (χ0n) is 13.2. The number of aliphatic hydroxyl groups is 1. The highest BCUT2D eigenvalue weighted by Gasteiger charge is 2.14. The molecule has 1 N–H and O–H groups in total. The smallest absolute Gasteiger partial charge is 0.330 e. The average molecular weight is 393 g/mol. The van der Waals surface area contributed by atoms with Crippen molar-refractivity contribution in [3.05, 3.63) is 75.5 Å². The van der Waals surface area contributed by atoms with Crippen molar-refractivity contribution in [2.45, 2.75) is 12.8 Å². The van der Waals surface area contributed by atoms with Crippen LogP contribution in [0.1, 0.15) is 29.5 Å². The lowest BCUT2D eigenvalue weighted by molar-refractivity contribution is -0.137. The van der Waals surface area contributed by atoms with Gasteiger partial charge >= 0.3 is 5.97 Å². The minimum atomic E-state index is -0.406. The summed E-state index contributed by atoms with van der Waals surface area (Å²) in [5.74, 6) is -1.00. The summed E-state index contributed by atoms with van der Waals surface area (Å²) in [5.41, 5.74) is 2.48. The maximum absolute atomic E-state index is 13.1. The lowest BCUT2D eigenvalue weighted by Gasteiger charge is -2.16. The van der Waals surface area contributed by atoms with Crippen molar-refractivity contribution in [2.75, 3.05) is 13.2 Å². The minimum Gasteiger partial charge on any atom is -0.463 e. The van der Waals surface area contributed by atoms with Crippen LogP contribution in [0.5, 0.6) is 0 Å². The molecule has 2 aromatic carbocycles. The lowest BCUT2D eigenvalue weighted by atomic mass is 9.91. The molecule has 0 aliphatic carbocycles. The van der Waals surface area contributed by atoms with E-state index in [-0.39, 0.29) is 18.3 Å². The Balaban J connectivity index is 2.31. The first-order chi connectivity index (χ1) is 11.5. The Morgan fingerprint density at radius 2 is 1.96 bits per heavy atom. The van der Waals surface area contributed by atoms with Gasteiger partial charge in [0.05, 0.1) is 13.2 Å². The fourth-order valence-electron chi connectivity index (χ4n) is 2.39. The molecule has 5 heteroatoms. The van der Waals surface area contributed by atoms with Crippen LogP contribution in [0.4, 0.5) is 4.39 Å². The molecule has 0 saturated heterocycles. The molecule has 2 rings (SSSR count). The molecule has 0 radical (unpaired) electrons. The Kier molecular flexibility index (Phi) is 6.70. The summed E-state index contributed by atoms with van der Waals surface area (Å²) in [7, 11) is 0. The van der Waals surface area contributed by atoms with E-state index in [4.69, 9.17) is 4.74 Å². The van der Waals surface area contributed by atoms with Crippen molar-refractivity contribution in [3.8, 4) is 0 Å². The molecule has 0 spiro atoms. The molecule has 0 heterocycles. The van der Waals surface area contributed by atoms with Gasteiger partial charge in [-0.15, -0.1) is 0 Å². The van der Waals surface area contributed by atoms with E-state index in [1.54, 1.807) is 25.1 Å². The van der Waals surface area contributed by atoms with Crippen LogP contribution < -0.4 is 0 Å². The number of aliphatic hydroxyl groups excluding tert-OH is 1. The van der Waals surface area contributed by atoms with Crippen molar-refractivity contribution < 1.29 is 19.0 Å². The second-order valence-corrected chi connectivity index (χ2v) is 6.11. The fourth-order valence-corrected chi connectivity index (χ4v) is 2.91. The number of carbonyl (C=O) groups excluding carboxylic acids is 1.